The molecule has 1 saturated heterocycles. The Labute approximate surface area is 184 Å². The molecule has 4 rings (SSSR count). The van der Waals surface area contributed by atoms with Crippen molar-refractivity contribution < 1.29 is 4.79 Å². The van der Waals surface area contributed by atoms with Crippen molar-refractivity contribution in [3.63, 3.8) is 0 Å². The number of pyridine rings is 1. The van der Waals surface area contributed by atoms with Crippen molar-refractivity contribution in [1.82, 2.24) is 15.2 Å². The lowest BCUT2D eigenvalue weighted by molar-refractivity contribution is -0.125. The second kappa shape index (κ2) is 10.1. The highest BCUT2D eigenvalue weighted by Crippen LogP contribution is 2.33. The van der Waals surface area contributed by atoms with Gasteiger partial charge >= 0.3 is 0 Å². The van der Waals surface area contributed by atoms with E-state index < -0.39 is 0 Å². The summed E-state index contributed by atoms with van der Waals surface area (Å²) in [6, 6.07) is 5.07. The summed E-state index contributed by atoms with van der Waals surface area (Å²) in [6.07, 6.45) is 11.8. The summed E-state index contributed by atoms with van der Waals surface area (Å²) in [5.74, 6) is 1.32. The normalized spacial score (nSPS) is 20.8. The van der Waals surface area contributed by atoms with Crippen LogP contribution in [-0.4, -0.2) is 55.1 Å². The highest BCUT2D eigenvalue weighted by atomic mass is 32.1. The Balaban J connectivity index is 1.26. The van der Waals surface area contributed by atoms with Crippen LogP contribution in [0.2, 0.25) is 0 Å². The number of hydrogen-bond acceptors (Lipinski definition) is 5. The zero-order valence-corrected chi connectivity index (χ0v) is 19.3. The Kier molecular flexibility index (Phi) is 7.26. The lowest BCUT2D eigenvalue weighted by atomic mass is 9.94. The van der Waals surface area contributed by atoms with Gasteiger partial charge in [0.05, 0.1) is 5.92 Å². The van der Waals surface area contributed by atoms with Gasteiger partial charge in [0.25, 0.3) is 0 Å². The van der Waals surface area contributed by atoms with Crippen molar-refractivity contribution in [1.29, 1.82) is 0 Å². The minimum Gasteiger partial charge on any atom is -0.356 e. The largest absolute Gasteiger partial charge is 0.356 e. The molecule has 2 aliphatic rings. The molecule has 0 bridgehead atoms. The maximum Gasteiger partial charge on any atom is 0.224 e. The quantitative estimate of drug-likeness (QED) is 0.655. The van der Waals surface area contributed by atoms with E-state index in [1.54, 1.807) is 0 Å². The molecule has 5 nitrogen and oxygen atoms in total. The average Bonchev–Trinajstić information content (AvgIpc) is 3.17. The van der Waals surface area contributed by atoms with Gasteiger partial charge in [0, 0.05) is 46.8 Å². The van der Waals surface area contributed by atoms with Gasteiger partial charge in [0.15, 0.2) is 0 Å². The fraction of sp³-hybridized carbons (Fsp3) is 0.667. The molecule has 1 unspecified atom stereocenters. The molecule has 2 aromatic rings. The highest BCUT2D eigenvalue weighted by molar-refractivity contribution is 7.19. The third kappa shape index (κ3) is 5.14. The minimum atomic E-state index is 0.0617. The molecule has 0 spiro atoms. The molecule has 3 heterocycles. The second-order valence-electron chi connectivity index (χ2n) is 9.11. The molecule has 1 aliphatic heterocycles. The smallest absolute Gasteiger partial charge is 0.224 e. The third-order valence-corrected chi connectivity index (χ3v) is 7.84. The zero-order chi connectivity index (χ0) is 20.9. The summed E-state index contributed by atoms with van der Waals surface area (Å²) in [6.45, 7) is 5.76. The van der Waals surface area contributed by atoms with Crippen molar-refractivity contribution in [2.45, 2.75) is 64.3 Å². The maximum absolute atomic E-state index is 12.8. The molecule has 2 fully saturated rings. The van der Waals surface area contributed by atoms with Crippen LogP contribution < -0.4 is 10.2 Å². The Morgan fingerprint density at radius 1 is 1.27 bits per heavy atom. The maximum atomic E-state index is 12.8. The summed E-state index contributed by atoms with van der Waals surface area (Å²) < 4.78 is 1.28. The van der Waals surface area contributed by atoms with Gasteiger partial charge < -0.3 is 15.1 Å². The number of nitrogens with one attached hydrogen (secondary N) is 1. The molecule has 1 atom stereocenters. The van der Waals surface area contributed by atoms with Crippen LogP contribution in [0.5, 0.6) is 0 Å². The van der Waals surface area contributed by atoms with Gasteiger partial charge in [-0.15, -0.1) is 11.3 Å². The van der Waals surface area contributed by atoms with Gasteiger partial charge in [-0.25, -0.2) is 4.98 Å². The van der Waals surface area contributed by atoms with E-state index >= 15 is 0 Å². The number of nitrogens with zero attached hydrogens (tertiary/aromatic N) is 3. The number of anilines is 1. The highest BCUT2D eigenvalue weighted by Gasteiger charge is 2.27. The monoisotopic (exact) mass is 428 g/mol. The van der Waals surface area contributed by atoms with E-state index in [9.17, 15) is 4.79 Å². The van der Waals surface area contributed by atoms with E-state index in [1.807, 2.05) is 17.5 Å². The molecule has 0 aromatic carbocycles. The number of carbonyl (C=O) groups excluding carboxylic acids is 1. The number of aryl methyl sites for hydroxylation is 1. The summed E-state index contributed by atoms with van der Waals surface area (Å²) in [4.78, 5) is 23.6. The third-order valence-electron chi connectivity index (χ3n) is 6.82. The number of piperidine rings is 1. The molecule has 6 heteroatoms. The first kappa shape index (κ1) is 21.6. The topological polar surface area (TPSA) is 48.5 Å². The molecular weight excluding hydrogens is 392 g/mol. The molecule has 0 radical (unpaired) electrons. The van der Waals surface area contributed by atoms with Crippen LogP contribution in [0.1, 0.15) is 56.2 Å². The van der Waals surface area contributed by atoms with Crippen molar-refractivity contribution in [3.8, 4) is 0 Å². The van der Waals surface area contributed by atoms with Crippen LogP contribution in [0, 0.1) is 12.8 Å². The lowest BCUT2D eigenvalue weighted by Crippen LogP contribution is -2.44. The summed E-state index contributed by atoms with van der Waals surface area (Å²) in [5, 5.41) is 4.44. The standard InChI is InChI=1S/C24H36N4OS/c1-18-16-21-22(30-18)11-13-25-23(21)28-15-6-8-19(17-28)24(29)26-12-7-14-27(2)20-9-4-3-5-10-20/h11,13,16,19-20H,3-10,12,14-15,17H2,1-2H3,(H,26,29). The van der Waals surface area contributed by atoms with Crippen LogP contribution in [0.3, 0.4) is 0 Å². The van der Waals surface area contributed by atoms with Crippen LogP contribution >= 0.6 is 11.3 Å². The average molecular weight is 429 g/mol. The van der Waals surface area contributed by atoms with Gasteiger partial charge in [-0.05, 0) is 64.8 Å². The van der Waals surface area contributed by atoms with Gasteiger partial charge in [0.2, 0.25) is 5.91 Å². The molecule has 1 aliphatic carbocycles. The van der Waals surface area contributed by atoms with E-state index in [2.05, 4.69) is 46.2 Å². The van der Waals surface area contributed by atoms with Crippen molar-refractivity contribution >= 4 is 33.1 Å². The van der Waals surface area contributed by atoms with E-state index in [0.29, 0.717) is 0 Å². The van der Waals surface area contributed by atoms with E-state index in [1.165, 1.54) is 47.1 Å². The van der Waals surface area contributed by atoms with Crippen LogP contribution in [0.4, 0.5) is 5.82 Å². The first-order valence-corrected chi connectivity index (χ1v) is 12.5. The predicted octanol–water partition coefficient (Wildman–Crippen LogP) is 4.59. The number of thiophene rings is 1. The van der Waals surface area contributed by atoms with Gasteiger partial charge in [-0.3, -0.25) is 4.79 Å². The molecule has 2 aromatic heterocycles. The Bertz CT molecular complexity index is 845. The van der Waals surface area contributed by atoms with Crippen molar-refractivity contribution in [2.75, 3.05) is 38.1 Å². The Morgan fingerprint density at radius 2 is 2.10 bits per heavy atom. The van der Waals surface area contributed by atoms with E-state index in [-0.39, 0.29) is 11.8 Å². The number of aromatic nitrogens is 1. The molecule has 1 amide bonds. The molecule has 1 saturated carbocycles. The molecule has 164 valence electrons. The van der Waals surface area contributed by atoms with Crippen LogP contribution in [-0.2, 0) is 4.79 Å². The van der Waals surface area contributed by atoms with E-state index in [0.717, 1.165) is 57.3 Å². The lowest BCUT2D eigenvalue weighted by Gasteiger charge is -2.33. The molecule has 30 heavy (non-hydrogen) atoms. The van der Waals surface area contributed by atoms with E-state index in [4.69, 9.17) is 0 Å². The van der Waals surface area contributed by atoms with Gasteiger partial charge in [-0.2, -0.15) is 0 Å². The first-order valence-electron chi connectivity index (χ1n) is 11.7. The number of hydrogen-bond donors (Lipinski definition) is 1. The fourth-order valence-electron chi connectivity index (χ4n) is 5.10. The van der Waals surface area contributed by atoms with Gasteiger partial charge in [-0.1, -0.05) is 19.3 Å². The SMILES string of the molecule is Cc1cc2c(N3CCCC(C(=O)NCCCN(C)C4CCCCC4)C3)nccc2s1. The predicted molar refractivity (Wildman–Crippen MR) is 126 cm³/mol. The number of carbonyl (C=O) groups is 1. The zero-order valence-electron chi connectivity index (χ0n) is 18.5. The van der Waals surface area contributed by atoms with Gasteiger partial charge in [0.1, 0.15) is 5.82 Å². The fourth-order valence-corrected chi connectivity index (χ4v) is 6.01. The minimum absolute atomic E-state index is 0.0617. The number of amides is 1. The summed E-state index contributed by atoms with van der Waals surface area (Å²) in [7, 11) is 2.25. The summed E-state index contributed by atoms with van der Waals surface area (Å²) >= 11 is 1.81. The molecular formula is C24H36N4OS. The summed E-state index contributed by atoms with van der Waals surface area (Å²) in [5.41, 5.74) is 0. The Morgan fingerprint density at radius 3 is 2.93 bits per heavy atom. The van der Waals surface area contributed by atoms with Crippen molar-refractivity contribution in [2.24, 2.45) is 5.92 Å². The Hall–Kier alpha value is -1.66. The van der Waals surface area contributed by atoms with Crippen LogP contribution in [0.25, 0.3) is 10.1 Å². The number of rotatable bonds is 7. The first-order chi connectivity index (χ1) is 14.6. The molecule has 1 N–H and O–H groups in total. The number of fused-ring (bicyclic) bond motifs is 1. The second-order valence-corrected chi connectivity index (χ2v) is 10.4. The van der Waals surface area contributed by atoms with Crippen LogP contribution in [0.15, 0.2) is 18.3 Å². The van der Waals surface area contributed by atoms with Crippen molar-refractivity contribution in [3.05, 3.63) is 23.2 Å².